The van der Waals surface area contributed by atoms with Crippen LogP contribution < -0.4 is 11.1 Å². The number of carbonyl (C=O) groups is 2. The zero-order chi connectivity index (χ0) is 18.1. The average molecular weight is 370 g/mol. The van der Waals surface area contributed by atoms with Gasteiger partial charge in [-0.15, -0.1) is 11.3 Å². The second-order valence-electron chi connectivity index (χ2n) is 3.99. The number of benzene rings is 1. The molecule has 0 fully saturated rings. The van der Waals surface area contributed by atoms with Gasteiger partial charge in [0.2, 0.25) is 0 Å². The van der Waals surface area contributed by atoms with Crippen molar-refractivity contribution in [3.63, 3.8) is 0 Å². The lowest BCUT2D eigenvalue weighted by Crippen LogP contribution is -2.17. The van der Waals surface area contributed by atoms with Crippen LogP contribution in [0.4, 0.5) is 10.5 Å². The molecule has 2 aromatic rings. The van der Waals surface area contributed by atoms with Crippen molar-refractivity contribution in [1.29, 1.82) is 0 Å². The van der Waals surface area contributed by atoms with Crippen molar-refractivity contribution >= 4 is 46.5 Å². The lowest BCUT2D eigenvalue weighted by Gasteiger charge is -2.03. The molecule has 0 aliphatic rings. The maximum Gasteiger partial charge on any atom is 0.437 e. The summed E-state index contributed by atoms with van der Waals surface area (Å²) in [5, 5.41) is 16.7. The topological polar surface area (TPSA) is 114 Å². The number of nitrogens with one attached hydrogen (secondary N) is 1. The van der Waals surface area contributed by atoms with Gasteiger partial charge in [0.15, 0.2) is 5.84 Å². The summed E-state index contributed by atoms with van der Waals surface area (Å²) >= 11 is 6.72. The van der Waals surface area contributed by atoms with Gasteiger partial charge in [-0.1, -0.05) is 30.6 Å². The van der Waals surface area contributed by atoms with Gasteiger partial charge in [-0.3, -0.25) is 10.2 Å². The zero-order valence-electron chi connectivity index (χ0n) is 12.9. The number of hydrogen-bond donors (Lipinski definition) is 3. The van der Waals surface area contributed by atoms with E-state index < -0.39 is 12.1 Å². The van der Waals surface area contributed by atoms with Crippen LogP contribution in [0, 0.1) is 0 Å². The Labute approximate surface area is 147 Å². The molecule has 0 aliphatic carbocycles. The number of carboxylic acids is 1. The highest BCUT2D eigenvalue weighted by Crippen LogP contribution is 2.15. The van der Waals surface area contributed by atoms with Crippen LogP contribution in [0.3, 0.4) is 0 Å². The van der Waals surface area contributed by atoms with Crippen molar-refractivity contribution in [3.05, 3.63) is 51.2 Å². The van der Waals surface area contributed by atoms with Crippen LogP contribution in [0.5, 0.6) is 0 Å². The Morgan fingerprint density at radius 2 is 1.92 bits per heavy atom. The Morgan fingerprint density at radius 1 is 1.29 bits per heavy atom. The van der Waals surface area contributed by atoms with Gasteiger partial charge in [-0.25, -0.2) is 9.59 Å². The fourth-order valence-corrected chi connectivity index (χ4v) is 2.26. The summed E-state index contributed by atoms with van der Waals surface area (Å²) in [7, 11) is 0. The van der Waals surface area contributed by atoms with E-state index in [0.717, 1.165) is 11.3 Å². The van der Waals surface area contributed by atoms with Gasteiger partial charge < -0.3 is 10.8 Å². The summed E-state index contributed by atoms with van der Waals surface area (Å²) in [5.74, 6) is -1.17. The smallest absolute Gasteiger partial charge is 0.437 e. The fraction of sp³-hybridized carbons (Fsp3) is 0.133. The Hall–Kier alpha value is -2.58. The lowest BCUT2D eigenvalue weighted by atomic mass is 10.3. The van der Waals surface area contributed by atoms with E-state index in [1.54, 1.807) is 24.3 Å². The van der Waals surface area contributed by atoms with Crippen molar-refractivity contribution in [2.45, 2.75) is 13.8 Å². The molecule has 0 atom stereocenters. The maximum atomic E-state index is 11.5. The average Bonchev–Trinajstić information content (AvgIpc) is 3.07. The molecule has 0 saturated carbocycles. The third-order valence-corrected chi connectivity index (χ3v) is 3.59. The van der Waals surface area contributed by atoms with Gasteiger partial charge in [0, 0.05) is 21.7 Å². The lowest BCUT2D eigenvalue weighted by molar-refractivity contribution is 0.0702. The van der Waals surface area contributed by atoms with Gasteiger partial charge in [0.05, 0.1) is 0 Å². The summed E-state index contributed by atoms with van der Waals surface area (Å²) in [4.78, 5) is 27.0. The van der Waals surface area contributed by atoms with Crippen LogP contribution in [0.25, 0.3) is 0 Å². The molecule has 1 aromatic carbocycles. The zero-order valence-corrected chi connectivity index (χ0v) is 14.5. The van der Waals surface area contributed by atoms with E-state index in [1.165, 1.54) is 11.4 Å². The van der Waals surface area contributed by atoms with E-state index in [-0.39, 0.29) is 10.7 Å². The predicted molar refractivity (Wildman–Crippen MR) is 94.9 cm³/mol. The van der Waals surface area contributed by atoms with Crippen LogP contribution >= 0.6 is 22.9 Å². The number of hydrogen-bond acceptors (Lipinski definition) is 5. The molecule has 128 valence electrons. The number of nitrogens with two attached hydrogens (primary N) is 1. The number of nitrogens with zero attached hydrogens (tertiary/aromatic N) is 1. The number of amidine groups is 1. The number of carboxylic acid groups (broad SMARTS) is 1. The largest absolute Gasteiger partial charge is 0.477 e. The van der Waals surface area contributed by atoms with Crippen LogP contribution in [-0.4, -0.2) is 23.0 Å². The number of anilines is 1. The van der Waals surface area contributed by atoms with E-state index in [4.69, 9.17) is 22.4 Å². The number of oxime groups is 1. The normalized spacial score (nSPS) is 10.4. The van der Waals surface area contributed by atoms with Crippen LogP contribution in [0.2, 0.25) is 5.02 Å². The Balaban J connectivity index is 0.00000139. The predicted octanol–water partition coefficient (Wildman–Crippen LogP) is 3.99. The first kappa shape index (κ1) is 19.5. The monoisotopic (exact) mass is 369 g/mol. The number of aromatic carboxylic acids is 1. The van der Waals surface area contributed by atoms with Gasteiger partial charge >= 0.3 is 12.1 Å². The summed E-state index contributed by atoms with van der Waals surface area (Å²) in [6.45, 7) is 4.00. The molecule has 0 unspecified atom stereocenters. The molecule has 4 N–H and O–H groups in total. The minimum absolute atomic E-state index is 0.102. The Bertz CT molecular complexity index is 729. The van der Waals surface area contributed by atoms with E-state index in [2.05, 4.69) is 15.3 Å². The Morgan fingerprint density at radius 3 is 2.46 bits per heavy atom. The first-order chi connectivity index (χ1) is 11.5. The SMILES string of the molecule is CC.N/C(=N/OC(=O)Nc1ccc(Cl)cc1)c1csc(C(=O)O)c1. The molecule has 1 aromatic heterocycles. The molecule has 24 heavy (non-hydrogen) atoms. The van der Waals surface area contributed by atoms with Crippen molar-refractivity contribution in [2.24, 2.45) is 10.9 Å². The van der Waals surface area contributed by atoms with Crippen LogP contribution in [0.1, 0.15) is 29.1 Å². The third kappa shape index (κ3) is 5.90. The minimum atomic E-state index is -1.06. The van der Waals surface area contributed by atoms with Crippen molar-refractivity contribution in [3.8, 4) is 0 Å². The summed E-state index contributed by atoms with van der Waals surface area (Å²) in [6.07, 6.45) is -0.834. The Kier molecular flexibility index (Phi) is 7.73. The molecular weight excluding hydrogens is 354 g/mol. The molecule has 0 bridgehead atoms. The molecule has 9 heteroatoms. The molecular formula is C15H16ClN3O4S. The highest BCUT2D eigenvalue weighted by atomic mass is 35.5. The highest BCUT2D eigenvalue weighted by molar-refractivity contribution is 7.12. The molecule has 0 spiro atoms. The maximum absolute atomic E-state index is 11.5. The molecule has 7 nitrogen and oxygen atoms in total. The first-order valence-corrected chi connectivity index (χ1v) is 8.10. The second kappa shape index (κ2) is 9.53. The molecule has 2 rings (SSSR count). The summed E-state index contributed by atoms with van der Waals surface area (Å²) < 4.78 is 0. The number of thiophene rings is 1. The molecule has 0 radical (unpaired) electrons. The van der Waals surface area contributed by atoms with E-state index in [0.29, 0.717) is 16.3 Å². The third-order valence-electron chi connectivity index (χ3n) is 2.42. The van der Waals surface area contributed by atoms with E-state index >= 15 is 0 Å². The van der Waals surface area contributed by atoms with Gasteiger partial charge in [-0.05, 0) is 30.3 Å². The number of amides is 1. The first-order valence-electron chi connectivity index (χ1n) is 6.85. The van der Waals surface area contributed by atoms with Gasteiger partial charge in [0.1, 0.15) is 4.88 Å². The number of rotatable bonds is 4. The second-order valence-corrected chi connectivity index (χ2v) is 5.34. The molecule has 0 saturated heterocycles. The van der Waals surface area contributed by atoms with Gasteiger partial charge in [-0.2, -0.15) is 0 Å². The molecule has 1 heterocycles. The quantitative estimate of drug-likeness (QED) is 0.326. The summed E-state index contributed by atoms with van der Waals surface area (Å²) in [6, 6.07) is 7.73. The molecule has 1 amide bonds. The standard InChI is InChI=1S/C13H10ClN3O4S.C2H6/c14-8-1-3-9(4-2-8)16-13(20)21-17-11(15)7-5-10(12(18)19)22-6-7;1-2/h1-6H,(H2,15,17)(H,16,20)(H,18,19);1-2H3. The van der Waals surface area contributed by atoms with Crippen molar-refractivity contribution in [1.82, 2.24) is 0 Å². The fourth-order valence-electron chi connectivity index (χ4n) is 1.40. The van der Waals surface area contributed by atoms with Crippen molar-refractivity contribution in [2.75, 3.05) is 5.32 Å². The van der Waals surface area contributed by atoms with E-state index in [9.17, 15) is 9.59 Å². The van der Waals surface area contributed by atoms with Crippen molar-refractivity contribution < 1.29 is 19.5 Å². The van der Waals surface area contributed by atoms with Gasteiger partial charge in [0.25, 0.3) is 0 Å². The highest BCUT2D eigenvalue weighted by Gasteiger charge is 2.10. The molecule has 0 aliphatic heterocycles. The number of halogens is 1. The minimum Gasteiger partial charge on any atom is -0.477 e. The number of carbonyl (C=O) groups excluding carboxylic acids is 1. The van der Waals surface area contributed by atoms with E-state index in [1.807, 2.05) is 13.8 Å². The summed E-state index contributed by atoms with van der Waals surface area (Å²) in [5.41, 5.74) is 6.45. The van der Waals surface area contributed by atoms with Crippen LogP contribution in [-0.2, 0) is 4.84 Å². The van der Waals surface area contributed by atoms with Crippen LogP contribution in [0.15, 0.2) is 40.9 Å².